The summed E-state index contributed by atoms with van der Waals surface area (Å²) in [5, 5.41) is 31.7. The molecule has 0 amide bonds. The fourth-order valence-electron chi connectivity index (χ4n) is 1.29. The van der Waals surface area contributed by atoms with Crippen LogP contribution in [0.5, 0.6) is 5.75 Å². The number of nitrogens with zero attached hydrogens (tertiary/aromatic N) is 1. The number of carboxylic acid groups (broad SMARTS) is 1. The molecule has 1 unspecified atom stereocenters. The SMILES string of the molecule is COc1ccc([N+](=O)[O-])c(NCC(C)(O)C(=O)O)c1. The van der Waals surface area contributed by atoms with Crippen molar-refractivity contribution in [2.24, 2.45) is 0 Å². The van der Waals surface area contributed by atoms with Crippen molar-refractivity contribution in [2.75, 3.05) is 19.0 Å². The fourth-order valence-corrected chi connectivity index (χ4v) is 1.29. The van der Waals surface area contributed by atoms with Gasteiger partial charge in [0.25, 0.3) is 5.69 Å². The number of carboxylic acids is 1. The van der Waals surface area contributed by atoms with Crippen LogP contribution in [0, 0.1) is 10.1 Å². The maximum atomic E-state index is 10.8. The average molecular weight is 270 g/mol. The number of benzene rings is 1. The number of rotatable bonds is 6. The van der Waals surface area contributed by atoms with Crippen molar-refractivity contribution in [2.45, 2.75) is 12.5 Å². The van der Waals surface area contributed by atoms with Crippen LogP contribution in [0.4, 0.5) is 11.4 Å². The van der Waals surface area contributed by atoms with Crippen molar-refractivity contribution in [1.29, 1.82) is 0 Å². The Hall–Kier alpha value is -2.35. The number of hydrogen-bond donors (Lipinski definition) is 3. The third kappa shape index (κ3) is 3.55. The summed E-state index contributed by atoms with van der Waals surface area (Å²) in [7, 11) is 1.40. The zero-order chi connectivity index (χ0) is 14.6. The molecule has 1 aromatic carbocycles. The first kappa shape index (κ1) is 14.7. The molecule has 1 rings (SSSR count). The number of ether oxygens (including phenoxy) is 1. The molecule has 0 aromatic heterocycles. The molecule has 1 aromatic rings. The third-order valence-corrected chi connectivity index (χ3v) is 2.48. The predicted molar refractivity (Wildman–Crippen MR) is 66.4 cm³/mol. The van der Waals surface area contributed by atoms with E-state index in [1.54, 1.807) is 0 Å². The molecular weight excluding hydrogens is 256 g/mol. The molecule has 8 nitrogen and oxygen atoms in total. The predicted octanol–water partition coefficient (Wildman–Crippen LogP) is 0.851. The second kappa shape index (κ2) is 5.53. The number of hydrogen-bond acceptors (Lipinski definition) is 6. The van der Waals surface area contributed by atoms with Crippen LogP contribution in [0.15, 0.2) is 18.2 Å². The Morgan fingerprint density at radius 3 is 2.68 bits per heavy atom. The Kier molecular flexibility index (Phi) is 4.28. The number of aliphatic hydroxyl groups is 1. The lowest BCUT2D eigenvalue weighted by Gasteiger charge is -2.19. The molecule has 0 saturated heterocycles. The first-order valence-electron chi connectivity index (χ1n) is 5.30. The van der Waals surface area contributed by atoms with Gasteiger partial charge in [0, 0.05) is 12.1 Å². The molecule has 104 valence electrons. The smallest absolute Gasteiger partial charge is 0.337 e. The summed E-state index contributed by atoms with van der Waals surface area (Å²) < 4.78 is 4.93. The molecule has 0 aliphatic heterocycles. The Balaban J connectivity index is 2.98. The third-order valence-electron chi connectivity index (χ3n) is 2.48. The molecule has 1 atom stereocenters. The minimum absolute atomic E-state index is 0.0749. The van der Waals surface area contributed by atoms with Gasteiger partial charge in [0.1, 0.15) is 11.4 Å². The van der Waals surface area contributed by atoms with Gasteiger partial charge in [-0.3, -0.25) is 10.1 Å². The highest BCUT2D eigenvalue weighted by Gasteiger charge is 2.30. The molecule has 0 bridgehead atoms. The van der Waals surface area contributed by atoms with E-state index in [2.05, 4.69) is 5.32 Å². The average Bonchev–Trinajstić information content (AvgIpc) is 2.35. The monoisotopic (exact) mass is 270 g/mol. The zero-order valence-corrected chi connectivity index (χ0v) is 10.4. The van der Waals surface area contributed by atoms with E-state index in [-0.39, 0.29) is 17.9 Å². The summed E-state index contributed by atoms with van der Waals surface area (Å²) in [6.07, 6.45) is 0. The number of methoxy groups -OCH3 is 1. The van der Waals surface area contributed by atoms with Crippen LogP contribution in [-0.2, 0) is 4.79 Å². The quantitative estimate of drug-likeness (QED) is 0.517. The first-order chi connectivity index (χ1) is 8.77. The van der Waals surface area contributed by atoms with Gasteiger partial charge < -0.3 is 20.3 Å². The molecule has 0 heterocycles. The standard InChI is InChI=1S/C11H14N2O6/c1-11(16,10(14)15)6-12-8-5-7(19-2)3-4-9(8)13(17)18/h3-5,12,16H,6H2,1-2H3,(H,14,15). The number of nitro benzene ring substituents is 1. The van der Waals surface area contributed by atoms with E-state index in [0.29, 0.717) is 5.75 Å². The molecule has 0 saturated carbocycles. The van der Waals surface area contributed by atoms with Gasteiger partial charge in [0.2, 0.25) is 0 Å². The lowest BCUT2D eigenvalue weighted by Crippen LogP contribution is -2.41. The van der Waals surface area contributed by atoms with Gasteiger partial charge in [-0.15, -0.1) is 0 Å². The highest BCUT2D eigenvalue weighted by Crippen LogP contribution is 2.29. The minimum atomic E-state index is -2.03. The maximum absolute atomic E-state index is 10.8. The zero-order valence-electron chi connectivity index (χ0n) is 10.4. The molecule has 0 aliphatic rings. The molecule has 8 heteroatoms. The molecule has 3 N–H and O–H groups in total. The van der Waals surface area contributed by atoms with E-state index in [4.69, 9.17) is 9.84 Å². The van der Waals surface area contributed by atoms with Crippen molar-refractivity contribution < 1.29 is 24.7 Å². The molecular formula is C11H14N2O6. The van der Waals surface area contributed by atoms with Crippen LogP contribution >= 0.6 is 0 Å². The molecule has 0 radical (unpaired) electrons. The molecule has 0 spiro atoms. The fraction of sp³-hybridized carbons (Fsp3) is 0.364. The van der Waals surface area contributed by atoms with E-state index in [0.717, 1.165) is 6.92 Å². The van der Waals surface area contributed by atoms with Crippen LogP contribution < -0.4 is 10.1 Å². The Bertz CT molecular complexity index is 500. The molecule has 19 heavy (non-hydrogen) atoms. The number of nitrogens with one attached hydrogen (secondary N) is 1. The largest absolute Gasteiger partial charge is 0.497 e. The van der Waals surface area contributed by atoms with Crippen LogP contribution in [-0.4, -0.2) is 40.4 Å². The summed E-state index contributed by atoms with van der Waals surface area (Å²) in [5.74, 6) is -1.05. The number of carbonyl (C=O) groups is 1. The van der Waals surface area contributed by atoms with Crippen molar-refractivity contribution in [3.05, 3.63) is 28.3 Å². The van der Waals surface area contributed by atoms with Crippen LogP contribution in [0.3, 0.4) is 0 Å². The lowest BCUT2D eigenvalue weighted by molar-refractivity contribution is -0.384. The number of nitro groups is 1. The van der Waals surface area contributed by atoms with E-state index < -0.39 is 16.5 Å². The summed E-state index contributed by atoms with van der Waals surface area (Å²) in [5.41, 5.74) is -2.19. The van der Waals surface area contributed by atoms with E-state index in [1.165, 1.54) is 25.3 Å². The van der Waals surface area contributed by atoms with E-state index in [1.807, 2.05) is 0 Å². The van der Waals surface area contributed by atoms with Gasteiger partial charge in [0.15, 0.2) is 5.60 Å². The van der Waals surface area contributed by atoms with Crippen molar-refractivity contribution in [3.8, 4) is 5.75 Å². The van der Waals surface area contributed by atoms with Crippen LogP contribution in [0.1, 0.15) is 6.92 Å². The highest BCUT2D eigenvalue weighted by atomic mass is 16.6. The molecule has 0 aliphatic carbocycles. The Morgan fingerprint density at radius 2 is 2.21 bits per heavy atom. The van der Waals surface area contributed by atoms with E-state index in [9.17, 15) is 20.0 Å². The highest BCUT2D eigenvalue weighted by molar-refractivity contribution is 5.78. The molecule has 0 fully saturated rings. The second-order valence-electron chi connectivity index (χ2n) is 4.07. The van der Waals surface area contributed by atoms with Gasteiger partial charge >= 0.3 is 5.97 Å². The topological polar surface area (TPSA) is 122 Å². The normalized spacial score (nSPS) is 13.4. The van der Waals surface area contributed by atoms with Crippen LogP contribution in [0.2, 0.25) is 0 Å². The second-order valence-corrected chi connectivity index (χ2v) is 4.07. The number of anilines is 1. The maximum Gasteiger partial charge on any atom is 0.337 e. The van der Waals surface area contributed by atoms with Gasteiger partial charge in [-0.1, -0.05) is 0 Å². The van der Waals surface area contributed by atoms with Crippen molar-refractivity contribution >= 4 is 17.3 Å². The van der Waals surface area contributed by atoms with Gasteiger partial charge in [-0.05, 0) is 13.0 Å². The summed E-state index contributed by atoms with van der Waals surface area (Å²) in [6.45, 7) is 0.713. The Morgan fingerprint density at radius 1 is 1.58 bits per heavy atom. The van der Waals surface area contributed by atoms with Gasteiger partial charge in [-0.25, -0.2) is 4.79 Å². The summed E-state index contributed by atoms with van der Waals surface area (Å²) in [6, 6.07) is 4.01. The summed E-state index contributed by atoms with van der Waals surface area (Å²) >= 11 is 0. The minimum Gasteiger partial charge on any atom is -0.497 e. The summed E-state index contributed by atoms with van der Waals surface area (Å²) in [4.78, 5) is 20.9. The van der Waals surface area contributed by atoms with Crippen LogP contribution in [0.25, 0.3) is 0 Å². The van der Waals surface area contributed by atoms with Crippen molar-refractivity contribution in [3.63, 3.8) is 0 Å². The van der Waals surface area contributed by atoms with Gasteiger partial charge in [0.05, 0.1) is 18.6 Å². The van der Waals surface area contributed by atoms with Crippen molar-refractivity contribution in [1.82, 2.24) is 0 Å². The Labute approximate surface area is 108 Å². The van der Waals surface area contributed by atoms with Gasteiger partial charge in [-0.2, -0.15) is 0 Å². The van der Waals surface area contributed by atoms with E-state index >= 15 is 0 Å². The lowest BCUT2D eigenvalue weighted by atomic mass is 10.1. The first-order valence-corrected chi connectivity index (χ1v) is 5.30. The number of aliphatic carboxylic acids is 1.